The van der Waals surface area contributed by atoms with Crippen molar-refractivity contribution in [3.05, 3.63) is 35.9 Å². The summed E-state index contributed by atoms with van der Waals surface area (Å²) in [7, 11) is 1.80. The van der Waals surface area contributed by atoms with Crippen molar-refractivity contribution in [2.45, 2.75) is 25.7 Å². The van der Waals surface area contributed by atoms with Crippen molar-refractivity contribution in [2.75, 3.05) is 32.2 Å². The van der Waals surface area contributed by atoms with Crippen LogP contribution in [-0.4, -0.2) is 40.6 Å². The van der Waals surface area contributed by atoms with E-state index in [2.05, 4.69) is 6.92 Å². The average Bonchev–Trinajstić information content (AvgIpc) is 2.45. The molecule has 0 heterocycles. The fourth-order valence-corrected chi connectivity index (χ4v) is 3.12. The summed E-state index contributed by atoms with van der Waals surface area (Å²) < 4.78 is 33.5. The molecule has 1 atom stereocenters. The zero-order valence-corrected chi connectivity index (χ0v) is 13.9. The number of halogens is 1. The second kappa shape index (κ2) is 10.2. The zero-order valence-electron chi connectivity index (χ0n) is 12.3. The summed E-state index contributed by atoms with van der Waals surface area (Å²) in [5.41, 5.74) is 0.911. The van der Waals surface area contributed by atoms with E-state index in [1.807, 2.05) is 30.3 Å². The quantitative estimate of drug-likeness (QED) is 0.460. The zero-order chi connectivity index (χ0) is 15.6. The molecule has 0 saturated carbocycles. The second-order valence-electron chi connectivity index (χ2n) is 4.85. The molecule has 0 aliphatic rings. The highest BCUT2D eigenvalue weighted by Crippen LogP contribution is 2.19. The van der Waals surface area contributed by atoms with Crippen LogP contribution in [0.1, 0.15) is 31.2 Å². The lowest BCUT2D eigenvalue weighted by molar-refractivity contribution is 0.0428. The summed E-state index contributed by atoms with van der Waals surface area (Å²) in [4.78, 5) is 0. The van der Waals surface area contributed by atoms with Crippen LogP contribution in [0.2, 0.25) is 0 Å². The first-order chi connectivity index (χ1) is 10.0. The van der Waals surface area contributed by atoms with Crippen LogP contribution in [0.4, 0.5) is 0 Å². The van der Waals surface area contributed by atoms with E-state index in [1.54, 1.807) is 0 Å². The molecular weight excluding hydrogens is 312 g/mol. The highest BCUT2D eigenvalue weighted by molar-refractivity contribution is 8.13. The van der Waals surface area contributed by atoms with Gasteiger partial charge in [-0.25, -0.2) is 8.42 Å². The maximum absolute atomic E-state index is 11.3. The molecule has 21 heavy (non-hydrogen) atoms. The normalized spacial score (nSPS) is 13.2. The van der Waals surface area contributed by atoms with Gasteiger partial charge in [0.15, 0.2) is 0 Å². The van der Waals surface area contributed by atoms with Gasteiger partial charge < -0.3 is 9.47 Å². The number of benzene rings is 1. The molecule has 0 fully saturated rings. The monoisotopic (exact) mass is 334 g/mol. The van der Waals surface area contributed by atoms with Gasteiger partial charge in [0.25, 0.3) is 0 Å². The molecule has 4 nitrogen and oxygen atoms in total. The minimum absolute atomic E-state index is 0.130. The van der Waals surface area contributed by atoms with Gasteiger partial charge in [0.05, 0.1) is 25.6 Å². The largest absolute Gasteiger partial charge is 0.379 e. The van der Waals surface area contributed by atoms with Gasteiger partial charge in [-0.05, 0) is 12.0 Å². The summed E-state index contributed by atoms with van der Waals surface area (Å²) in [6.07, 6.45) is 2.14. The Morgan fingerprint density at radius 2 is 1.76 bits per heavy atom. The van der Waals surface area contributed by atoms with Gasteiger partial charge >= 0.3 is 0 Å². The Bertz CT molecular complexity index is 476. The number of ether oxygens (including phenoxy) is 2. The van der Waals surface area contributed by atoms with Crippen LogP contribution in [0.25, 0.3) is 0 Å². The van der Waals surface area contributed by atoms with E-state index in [-0.39, 0.29) is 11.7 Å². The molecule has 120 valence electrons. The Hall–Kier alpha value is -0.620. The molecule has 0 aromatic heterocycles. The lowest BCUT2D eigenvalue weighted by Gasteiger charge is -2.16. The Balaban J connectivity index is 2.40. The molecule has 0 radical (unpaired) electrons. The van der Waals surface area contributed by atoms with E-state index in [1.165, 1.54) is 0 Å². The summed E-state index contributed by atoms with van der Waals surface area (Å²) in [5.74, 6) is -0.390. The van der Waals surface area contributed by atoms with Crippen LogP contribution in [0.15, 0.2) is 30.3 Å². The Morgan fingerprint density at radius 1 is 1.10 bits per heavy atom. The van der Waals surface area contributed by atoms with Crippen LogP contribution in [0.5, 0.6) is 0 Å². The maximum atomic E-state index is 11.3. The fraction of sp³-hybridized carbons (Fsp3) is 0.600. The van der Waals surface area contributed by atoms with E-state index in [0.29, 0.717) is 19.8 Å². The van der Waals surface area contributed by atoms with Crippen LogP contribution in [0.3, 0.4) is 0 Å². The second-order valence-corrected chi connectivity index (χ2v) is 7.68. The van der Waals surface area contributed by atoms with Crippen molar-refractivity contribution in [1.29, 1.82) is 0 Å². The molecule has 0 bridgehead atoms. The third-order valence-corrected chi connectivity index (χ3v) is 4.18. The number of unbranched alkanes of at least 4 members (excludes halogenated alkanes) is 1. The van der Waals surface area contributed by atoms with Crippen molar-refractivity contribution in [3.8, 4) is 0 Å². The average molecular weight is 335 g/mol. The standard InChI is InChI=1S/C15H23ClO4S/c1-2-3-9-19-10-11-20-12-15(13-21(16,17)18)14-7-5-4-6-8-14/h4-8,15H,2-3,9-13H2,1H3. The highest BCUT2D eigenvalue weighted by Gasteiger charge is 2.19. The van der Waals surface area contributed by atoms with Crippen molar-refractivity contribution in [2.24, 2.45) is 0 Å². The number of hydrogen-bond acceptors (Lipinski definition) is 4. The van der Waals surface area contributed by atoms with E-state index in [4.69, 9.17) is 20.2 Å². The molecule has 0 aliphatic heterocycles. The Kier molecular flexibility index (Phi) is 8.92. The molecule has 1 aromatic rings. The molecular formula is C15H23ClO4S. The summed E-state index contributed by atoms with van der Waals surface area (Å²) >= 11 is 0. The number of rotatable bonds is 11. The van der Waals surface area contributed by atoms with Crippen LogP contribution >= 0.6 is 10.7 Å². The predicted octanol–water partition coefficient (Wildman–Crippen LogP) is 3.17. The first kappa shape index (κ1) is 18.4. The minimum Gasteiger partial charge on any atom is -0.379 e. The first-order valence-corrected chi connectivity index (χ1v) is 9.63. The molecule has 0 spiro atoms. The van der Waals surface area contributed by atoms with E-state index < -0.39 is 9.05 Å². The van der Waals surface area contributed by atoms with Crippen molar-refractivity contribution in [1.82, 2.24) is 0 Å². The molecule has 1 aromatic carbocycles. The van der Waals surface area contributed by atoms with Gasteiger partial charge in [-0.3, -0.25) is 0 Å². The lowest BCUT2D eigenvalue weighted by atomic mass is 10.0. The van der Waals surface area contributed by atoms with Crippen LogP contribution in [-0.2, 0) is 18.5 Å². The van der Waals surface area contributed by atoms with Crippen LogP contribution in [0, 0.1) is 0 Å². The topological polar surface area (TPSA) is 52.6 Å². The molecule has 0 N–H and O–H groups in total. The molecule has 0 saturated heterocycles. The maximum Gasteiger partial charge on any atom is 0.233 e. The lowest BCUT2D eigenvalue weighted by Crippen LogP contribution is -2.18. The smallest absolute Gasteiger partial charge is 0.233 e. The van der Waals surface area contributed by atoms with Gasteiger partial charge in [-0.1, -0.05) is 43.7 Å². The summed E-state index contributed by atoms with van der Waals surface area (Å²) in [6, 6.07) is 9.40. The molecule has 1 unspecified atom stereocenters. The molecule has 1 rings (SSSR count). The van der Waals surface area contributed by atoms with E-state index in [0.717, 1.165) is 25.0 Å². The Morgan fingerprint density at radius 3 is 2.38 bits per heavy atom. The van der Waals surface area contributed by atoms with Gasteiger partial charge in [0.1, 0.15) is 0 Å². The van der Waals surface area contributed by atoms with E-state index in [9.17, 15) is 8.42 Å². The predicted molar refractivity (Wildman–Crippen MR) is 85.4 cm³/mol. The highest BCUT2D eigenvalue weighted by atomic mass is 35.7. The van der Waals surface area contributed by atoms with Gasteiger partial charge in [-0.2, -0.15) is 0 Å². The van der Waals surface area contributed by atoms with Crippen molar-refractivity contribution in [3.63, 3.8) is 0 Å². The SMILES string of the molecule is CCCCOCCOCC(CS(=O)(=O)Cl)c1ccccc1. The van der Waals surface area contributed by atoms with Crippen molar-refractivity contribution >= 4 is 19.7 Å². The summed E-state index contributed by atoms with van der Waals surface area (Å²) in [6.45, 7) is 4.13. The van der Waals surface area contributed by atoms with Crippen LogP contribution < -0.4 is 0 Å². The molecule has 0 amide bonds. The third kappa shape index (κ3) is 9.09. The summed E-state index contributed by atoms with van der Waals surface area (Å²) in [5, 5.41) is 0. The van der Waals surface area contributed by atoms with Gasteiger partial charge in [0, 0.05) is 23.2 Å². The number of hydrogen-bond donors (Lipinski definition) is 0. The van der Waals surface area contributed by atoms with E-state index >= 15 is 0 Å². The van der Waals surface area contributed by atoms with Gasteiger partial charge in [-0.15, -0.1) is 0 Å². The fourth-order valence-electron chi connectivity index (χ4n) is 1.90. The first-order valence-electron chi connectivity index (χ1n) is 7.15. The third-order valence-electron chi connectivity index (χ3n) is 3.00. The van der Waals surface area contributed by atoms with Gasteiger partial charge in [0.2, 0.25) is 9.05 Å². The molecule has 6 heteroatoms. The minimum atomic E-state index is -3.57. The molecule has 0 aliphatic carbocycles. The Labute approximate surface area is 131 Å². The van der Waals surface area contributed by atoms with Crippen molar-refractivity contribution < 1.29 is 17.9 Å².